The zero-order valence-corrected chi connectivity index (χ0v) is 21.9. The van der Waals surface area contributed by atoms with Crippen LogP contribution >= 0.6 is 55.1 Å². The quantitative estimate of drug-likeness (QED) is 0.225. The second kappa shape index (κ2) is 11.2. The van der Waals surface area contributed by atoms with Gasteiger partial charge in [0.15, 0.2) is 11.6 Å². The third kappa shape index (κ3) is 6.20. The predicted molar refractivity (Wildman–Crippen MR) is 130 cm³/mol. The lowest BCUT2D eigenvalue weighted by molar-refractivity contribution is -0.137. The van der Waals surface area contributed by atoms with Gasteiger partial charge >= 0.3 is 6.18 Å². The Labute approximate surface area is 225 Å². The molecule has 0 spiro atoms. The average molecular weight is 675 g/mol. The van der Waals surface area contributed by atoms with Gasteiger partial charge in [0.05, 0.1) is 38.8 Å². The fraction of sp³-hybridized carbons (Fsp3) is 0.0476. The first-order chi connectivity index (χ1) is 16.8. The second-order valence-electron chi connectivity index (χ2n) is 6.69. The zero-order valence-electron chi connectivity index (χ0n) is 17.2. The molecule has 4 rings (SSSR count). The minimum atomic E-state index is -4.47. The van der Waals surface area contributed by atoms with E-state index in [1.807, 2.05) is 0 Å². The Hall–Kier alpha value is -2.61. The highest BCUT2D eigenvalue weighted by atomic mass is 79.9. The van der Waals surface area contributed by atoms with E-state index in [1.165, 1.54) is 24.4 Å². The van der Waals surface area contributed by atoms with Crippen LogP contribution in [0.3, 0.4) is 0 Å². The fourth-order valence-corrected chi connectivity index (χ4v) is 3.41. The van der Waals surface area contributed by atoms with Gasteiger partial charge in [-0.1, -0.05) is 29.3 Å². The molecule has 2 aromatic heterocycles. The molecule has 0 saturated carbocycles. The van der Waals surface area contributed by atoms with Crippen molar-refractivity contribution in [2.75, 3.05) is 0 Å². The van der Waals surface area contributed by atoms with Gasteiger partial charge in [0.1, 0.15) is 9.50 Å². The van der Waals surface area contributed by atoms with E-state index in [-0.39, 0.29) is 25.9 Å². The number of benzene rings is 2. The van der Waals surface area contributed by atoms with Gasteiger partial charge in [-0.3, -0.25) is 9.59 Å². The van der Waals surface area contributed by atoms with E-state index in [4.69, 9.17) is 23.2 Å². The lowest BCUT2D eigenvalue weighted by Gasteiger charge is -2.10. The summed E-state index contributed by atoms with van der Waals surface area (Å²) in [5, 5.41) is 7.24. The van der Waals surface area contributed by atoms with Crippen LogP contribution in [0.5, 0.6) is 0 Å². The van der Waals surface area contributed by atoms with Crippen LogP contribution in [0.2, 0.25) is 10.0 Å². The summed E-state index contributed by atoms with van der Waals surface area (Å²) in [4.78, 5) is 23.5. The first kappa shape index (κ1) is 28.0. The van der Waals surface area contributed by atoms with Crippen LogP contribution in [0.25, 0.3) is 11.4 Å². The maximum Gasteiger partial charge on any atom is 0.416 e. The molecule has 0 radical (unpaired) electrons. The lowest BCUT2D eigenvalue weighted by atomic mass is 10.2. The van der Waals surface area contributed by atoms with Crippen molar-refractivity contribution in [3.63, 3.8) is 0 Å². The summed E-state index contributed by atoms with van der Waals surface area (Å²) in [6.07, 6.45) is -2.00. The Morgan fingerprint density at radius 1 is 0.806 bits per heavy atom. The largest absolute Gasteiger partial charge is 0.416 e. The van der Waals surface area contributed by atoms with Gasteiger partial charge in [-0.15, -0.1) is 0 Å². The molecule has 0 atom stereocenters. The normalized spacial score (nSPS) is 11.1. The Balaban J connectivity index is 0.000000202. The van der Waals surface area contributed by atoms with Gasteiger partial charge < -0.3 is 0 Å². The maximum absolute atomic E-state index is 13.0. The molecular weight excluding hydrogens is 666 g/mol. The van der Waals surface area contributed by atoms with Gasteiger partial charge in [-0.2, -0.15) is 32.7 Å². The van der Waals surface area contributed by atoms with Crippen LogP contribution in [0.4, 0.5) is 22.0 Å². The van der Waals surface area contributed by atoms with E-state index in [0.717, 1.165) is 39.8 Å². The highest BCUT2D eigenvalue weighted by molar-refractivity contribution is 9.13. The molecule has 0 aliphatic heterocycles. The van der Waals surface area contributed by atoms with Crippen LogP contribution in [0, 0.1) is 11.6 Å². The summed E-state index contributed by atoms with van der Waals surface area (Å²) in [5.74, 6) is -2.09. The van der Waals surface area contributed by atoms with Crippen molar-refractivity contribution in [3.05, 3.63) is 112 Å². The number of halogens is 9. The summed E-state index contributed by atoms with van der Waals surface area (Å²) in [7, 11) is 0. The fourth-order valence-electron chi connectivity index (χ4n) is 2.62. The second-order valence-corrected chi connectivity index (χ2v) is 9.13. The van der Waals surface area contributed by atoms with Crippen molar-refractivity contribution in [1.29, 1.82) is 0 Å². The van der Waals surface area contributed by atoms with Crippen molar-refractivity contribution in [1.82, 2.24) is 19.6 Å². The summed E-state index contributed by atoms with van der Waals surface area (Å²) in [6, 6.07) is 7.34. The van der Waals surface area contributed by atoms with Crippen molar-refractivity contribution in [2.45, 2.75) is 6.18 Å². The Morgan fingerprint density at radius 2 is 1.42 bits per heavy atom. The molecule has 15 heteroatoms. The van der Waals surface area contributed by atoms with E-state index in [1.54, 1.807) is 0 Å². The van der Waals surface area contributed by atoms with Crippen LogP contribution in [-0.4, -0.2) is 19.6 Å². The number of alkyl halides is 3. The molecule has 0 unspecified atom stereocenters. The number of aromatic nitrogens is 4. The van der Waals surface area contributed by atoms with Crippen molar-refractivity contribution in [3.8, 4) is 11.4 Å². The SMILES string of the molecule is O=c1c(Br)c(Br)cnn1-c1cccc(C(F)(F)F)c1.O=c1c(Cl)c(Cl)cnn1-c1ccc(F)c(F)c1. The summed E-state index contributed by atoms with van der Waals surface area (Å²) < 4.78 is 65.9. The zero-order chi connectivity index (χ0) is 26.8. The molecule has 36 heavy (non-hydrogen) atoms. The van der Waals surface area contributed by atoms with Crippen molar-refractivity contribution in [2.24, 2.45) is 0 Å². The summed E-state index contributed by atoms with van der Waals surface area (Å²) >= 11 is 17.4. The maximum atomic E-state index is 13.0. The minimum absolute atomic E-state index is 0.00417. The van der Waals surface area contributed by atoms with Gasteiger partial charge in [-0.05, 0) is 62.2 Å². The predicted octanol–water partition coefficient (Wildman–Crippen LogP) is 6.59. The molecule has 6 nitrogen and oxygen atoms in total. The molecule has 188 valence electrons. The van der Waals surface area contributed by atoms with Gasteiger partial charge in [0.25, 0.3) is 11.1 Å². The molecule has 0 fully saturated rings. The highest BCUT2D eigenvalue weighted by Gasteiger charge is 2.30. The molecule has 0 bridgehead atoms. The summed E-state index contributed by atoms with van der Waals surface area (Å²) in [6.45, 7) is 0. The van der Waals surface area contributed by atoms with Crippen LogP contribution in [0.15, 0.2) is 73.4 Å². The molecule has 2 heterocycles. The van der Waals surface area contributed by atoms with Gasteiger partial charge in [0.2, 0.25) is 0 Å². The average Bonchev–Trinajstić information content (AvgIpc) is 2.83. The van der Waals surface area contributed by atoms with Crippen LogP contribution in [0.1, 0.15) is 5.56 Å². The third-order valence-corrected chi connectivity index (χ3v) is 6.97. The first-order valence-corrected chi connectivity index (χ1v) is 11.6. The smallest absolute Gasteiger partial charge is 0.266 e. The number of nitrogens with zero attached hydrogens (tertiary/aromatic N) is 4. The summed E-state index contributed by atoms with van der Waals surface area (Å²) in [5.41, 5.74) is -1.97. The number of hydrogen-bond donors (Lipinski definition) is 0. The van der Waals surface area contributed by atoms with E-state index in [2.05, 4.69) is 42.1 Å². The van der Waals surface area contributed by atoms with Crippen molar-refractivity contribution >= 4 is 55.1 Å². The first-order valence-electron chi connectivity index (χ1n) is 9.31. The van der Waals surface area contributed by atoms with E-state index in [9.17, 15) is 31.5 Å². The Morgan fingerprint density at radius 3 is 2.06 bits per heavy atom. The van der Waals surface area contributed by atoms with Crippen molar-refractivity contribution < 1.29 is 22.0 Å². The van der Waals surface area contributed by atoms with Crippen LogP contribution in [-0.2, 0) is 6.18 Å². The lowest BCUT2D eigenvalue weighted by Crippen LogP contribution is -2.22. The topological polar surface area (TPSA) is 69.8 Å². The molecule has 4 aromatic rings. The monoisotopic (exact) mass is 672 g/mol. The number of hydrogen-bond acceptors (Lipinski definition) is 4. The Kier molecular flexibility index (Phi) is 8.70. The van der Waals surface area contributed by atoms with E-state index in [0.29, 0.717) is 4.47 Å². The minimum Gasteiger partial charge on any atom is -0.266 e. The number of rotatable bonds is 2. The molecule has 0 aliphatic carbocycles. The molecule has 0 amide bonds. The standard InChI is InChI=1S/C11H5Br2F3N2O.C10H4Cl2F2N2O/c12-8-5-17-18(10(19)9(8)13)7-3-1-2-6(4-7)11(14,15)16;11-6-4-15-16(10(17)9(6)12)5-1-2-7(13)8(14)3-5/h1-5H;1-4H. The Bertz CT molecular complexity index is 1560. The molecule has 0 saturated heterocycles. The third-order valence-electron chi connectivity index (χ3n) is 4.32. The van der Waals surface area contributed by atoms with Gasteiger partial charge in [0, 0.05) is 6.07 Å². The van der Waals surface area contributed by atoms with Crippen LogP contribution < -0.4 is 11.1 Å². The molecule has 0 aliphatic rings. The molecule has 0 N–H and O–H groups in total. The molecule has 2 aromatic carbocycles. The molecular formula is C21H9Br2Cl2F5N4O2. The highest BCUT2D eigenvalue weighted by Crippen LogP contribution is 2.30. The van der Waals surface area contributed by atoms with E-state index < -0.39 is 34.5 Å². The van der Waals surface area contributed by atoms with Gasteiger partial charge in [-0.25, -0.2) is 8.78 Å². The van der Waals surface area contributed by atoms with E-state index >= 15 is 0 Å².